The van der Waals surface area contributed by atoms with E-state index in [-0.39, 0.29) is 0 Å². The van der Waals surface area contributed by atoms with E-state index in [4.69, 9.17) is 10.7 Å². The molecule has 84 valence electrons. The van der Waals surface area contributed by atoms with Gasteiger partial charge in [0.1, 0.15) is 0 Å². The molecule has 2 nitrogen and oxygen atoms in total. The molecule has 0 unspecified atom stereocenters. The summed E-state index contributed by atoms with van der Waals surface area (Å²) in [4.78, 5) is 4.69. The van der Waals surface area contributed by atoms with Crippen LogP contribution in [0.3, 0.4) is 0 Å². The second-order valence-corrected chi connectivity index (χ2v) is 5.92. The average molecular weight is 232 g/mol. The van der Waals surface area contributed by atoms with Gasteiger partial charge in [0.15, 0.2) is 0 Å². The van der Waals surface area contributed by atoms with Crippen molar-refractivity contribution in [2.75, 3.05) is 6.54 Å². The van der Waals surface area contributed by atoms with Gasteiger partial charge in [-0.1, -0.05) is 18.6 Å². The van der Waals surface area contributed by atoms with E-state index in [0.29, 0.717) is 5.41 Å². The number of para-hydroxylation sites is 1. The summed E-state index contributed by atoms with van der Waals surface area (Å²) in [7, 11) is 0. The van der Waals surface area contributed by atoms with Crippen molar-refractivity contribution in [3.63, 3.8) is 0 Å². The zero-order valence-corrected chi connectivity index (χ0v) is 10.1. The van der Waals surface area contributed by atoms with Gasteiger partial charge >= 0.3 is 0 Å². The van der Waals surface area contributed by atoms with Gasteiger partial charge in [-0.2, -0.15) is 0 Å². The van der Waals surface area contributed by atoms with Gasteiger partial charge in [-0.15, -0.1) is 11.3 Å². The first-order valence-electron chi connectivity index (χ1n) is 5.86. The molecular formula is C13H16N2S. The van der Waals surface area contributed by atoms with Crippen LogP contribution in [0.1, 0.15) is 24.3 Å². The van der Waals surface area contributed by atoms with Gasteiger partial charge in [0.05, 0.1) is 15.2 Å². The molecule has 3 rings (SSSR count). The summed E-state index contributed by atoms with van der Waals surface area (Å²) >= 11 is 1.82. The lowest BCUT2D eigenvalue weighted by atomic mass is 9.67. The Morgan fingerprint density at radius 1 is 1.31 bits per heavy atom. The first kappa shape index (κ1) is 10.2. The molecule has 1 heterocycles. The Morgan fingerprint density at radius 2 is 2.12 bits per heavy atom. The highest BCUT2D eigenvalue weighted by Crippen LogP contribution is 2.43. The minimum absolute atomic E-state index is 0.369. The maximum atomic E-state index is 5.89. The standard InChI is InChI=1S/C13H16N2S/c14-9-13(6-3-7-13)8-12-15-10-4-1-2-5-11(10)16-12/h1-2,4-5H,3,6-9,14H2. The maximum absolute atomic E-state index is 5.89. The summed E-state index contributed by atoms with van der Waals surface area (Å²) in [5.74, 6) is 0. The summed E-state index contributed by atoms with van der Waals surface area (Å²) in [6, 6.07) is 8.36. The largest absolute Gasteiger partial charge is 0.330 e. The molecule has 1 fully saturated rings. The Hall–Kier alpha value is -0.930. The molecular weight excluding hydrogens is 216 g/mol. The first-order valence-corrected chi connectivity index (χ1v) is 6.68. The van der Waals surface area contributed by atoms with Gasteiger partial charge in [0, 0.05) is 6.42 Å². The Bertz CT molecular complexity index is 461. The molecule has 0 bridgehead atoms. The number of benzene rings is 1. The topological polar surface area (TPSA) is 38.9 Å². The van der Waals surface area contributed by atoms with E-state index in [0.717, 1.165) is 18.5 Å². The summed E-state index contributed by atoms with van der Waals surface area (Å²) in [6.07, 6.45) is 4.96. The molecule has 16 heavy (non-hydrogen) atoms. The second-order valence-electron chi connectivity index (χ2n) is 4.81. The van der Waals surface area contributed by atoms with Crippen LogP contribution in [0.15, 0.2) is 24.3 Å². The number of thiazole rings is 1. The van der Waals surface area contributed by atoms with E-state index >= 15 is 0 Å². The Labute approximate surface area is 99.5 Å². The number of rotatable bonds is 3. The van der Waals surface area contributed by atoms with E-state index in [1.165, 1.54) is 29.0 Å². The Kier molecular flexibility index (Phi) is 2.45. The van der Waals surface area contributed by atoms with Crippen molar-refractivity contribution >= 4 is 21.6 Å². The molecule has 0 spiro atoms. The summed E-state index contributed by atoms with van der Waals surface area (Å²) in [6.45, 7) is 0.808. The molecule has 3 heteroatoms. The zero-order chi connectivity index (χ0) is 11.0. The monoisotopic (exact) mass is 232 g/mol. The van der Waals surface area contributed by atoms with E-state index in [1.54, 1.807) is 0 Å². The lowest BCUT2D eigenvalue weighted by Gasteiger charge is -2.40. The van der Waals surface area contributed by atoms with Crippen molar-refractivity contribution in [1.29, 1.82) is 0 Å². The van der Waals surface area contributed by atoms with Gasteiger partial charge in [0.2, 0.25) is 0 Å². The third-order valence-corrected chi connectivity index (χ3v) is 4.75. The van der Waals surface area contributed by atoms with E-state index in [9.17, 15) is 0 Å². The third kappa shape index (κ3) is 1.64. The molecule has 1 aliphatic rings. The van der Waals surface area contributed by atoms with Gasteiger partial charge in [-0.05, 0) is 36.9 Å². The van der Waals surface area contributed by atoms with Gasteiger partial charge in [0.25, 0.3) is 0 Å². The molecule has 1 aromatic heterocycles. The van der Waals surface area contributed by atoms with Crippen LogP contribution in [-0.4, -0.2) is 11.5 Å². The zero-order valence-electron chi connectivity index (χ0n) is 9.28. The smallest absolute Gasteiger partial charge is 0.0944 e. The summed E-state index contributed by atoms with van der Waals surface area (Å²) in [5.41, 5.74) is 7.39. The number of aromatic nitrogens is 1. The van der Waals surface area contributed by atoms with Crippen LogP contribution >= 0.6 is 11.3 Å². The number of hydrogen-bond acceptors (Lipinski definition) is 3. The maximum Gasteiger partial charge on any atom is 0.0944 e. The van der Waals surface area contributed by atoms with Crippen molar-refractivity contribution in [3.8, 4) is 0 Å². The molecule has 1 aliphatic carbocycles. The fourth-order valence-electron chi connectivity index (χ4n) is 2.45. The van der Waals surface area contributed by atoms with Crippen LogP contribution in [0.4, 0.5) is 0 Å². The minimum atomic E-state index is 0.369. The van der Waals surface area contributed by atoms with Gasteiger partial charge in [-0.3, -0.25) is 0 Å². The van der Waals surface area contributed by atoms with Crippen LogP contribution in [0, 0.1) is 5.41 Å². The SMILES string of the molecule is NCC1(Cc2nc3ccccc3s2)CCC1. The summed E-state index contributed by atoms with van der Waals surface area (Å²) in [5, 5.41) is 1.26. The van der Waals surface area contributed by atoms with Gasteiger partial charge < -0.3 is 5.73 Å². The highest BCUT2D eigenvalue weighted by Gasteiger charge is 2.36. The lowest BCUT2D eigenvalue weighted by molar-refractivity contribution is 0.145. The van der Waals surface area contributed by atoms with Crippen LogP contribution in [0.25, 0.3) is 10.2 Å². The number of nitrogens with zero attached hydrogens (tertiary/aromatic N) is 1. The molecule has 0 aliphatic heterocycles. The fourth-order valence-corrected chi connectivity index (χ4v) is 3.59. The molecule has 1 saturated carbocycles. The third-order valence-electron chi connectivity index (χ3n) is 3.71. The van der Waals surface area contributed by atoms with Crippen molar-refractivity contribution in [3.05, 3.63) is 29.3 Å². The predicted octanol–water partition coefficient (Wildman–Crippen LogP) is 2.97. The van der Waals surface area contributed by atoms with Crippen LogP contribution in [0.2, 0.25) is 0 Å². The number of fused-ring (bicyclic) bond motifs is 1. The van der Waals surface area contributed by atoms with Crippen molar-refractivity contribution in [2.24, 2.45) is 11.1 Å². The predicted molar refractivity (Wildman–Crippen MR) is 68.7 cm³/mol. The molecule has 0 atom stereocenters. The average Bonchev–Trinajstić information content (AvgIpc) is 2.65. The van der Waals surface area contributed by atoms with Gasteiger partial charge in [-0.25, -0.2) is 4.98 Å². The van der Waals surface area contributed by atoms with Crippen LogP contribution < -0.4 is 5.73 Å². The van der Waals surface area contributed by atoms with Crippen molar-refractivity contribution < 1.29 is 0 Å². The molecule has 0 saturated heterocycles. The number of nitrogens with two attached hydrogens (primary N) is 1. The van der Waals surface area contributed by atoms with Crippen LogP contribution in [0.5, 0.6) is 0 Å². The lowest BCUT2D eigenvalue weighted by Crippen LogP contribution is -2.39. The highest BCUT2D eigenvalue weighted by molar-refractivity contribution is 7.18. The first-order chi connectivity index (χ1) is 7.81. The Morgan fingerprint density at radius 3 is 2.75 bits per heavy atom. The number of hydrogen-bond donors (Lipinski definition) is 1. The van der Waals surface area contributed by atoms with Crippen molar-refractivity contribution in [2.45, 2.75) is 25.7 Å². The molecule has 0 radical (unpaired) electrons. The quantitative estimate of drug-likeness (QED) is 0.883. The molecule has 2 aromatic rings. The molecule has 2 N–H and O–H groups in total. The minimum Gasteiger partial charge on any atom is -0.330 e. The fraction of sp³-hybridized carbons (Fsp3) is 0.462. The van der Waals surface area contributed by atoms with E-state index in [1.807, 2.05) is 17.4 Å². The molecule has 1 aromatic carbocycles. The Balaban J connectivity index is 1.89. The van der Waals surface area contributed by atoms with Crippen molar-refractivity contribution in [1.82, 2.24) is 4.98 Å². The summed E-state index contributed by atoms with van der Waals surface area (Å²) < 4.78 is 1.30. The van der Waals surface area contributed by atoms with Crippen LogP contribution in [-0.2, 0) is 6.42 Å². The molecule has 0 amide bonds. The second kappa shape index (κ2) is 3.82. The normalized spacial score (nSPS) is 18.6. The van der Waals surface area contributed by atoms with E-state index < -0.39 is 0 Å². The van der Waals surface area contributed by atoms with E-state index in [2.05, 4.69) is 18.2 Å². The highest BCUT2D eigenvalue weighted by atomic mass is 32.1.